The highest BCUT2D eigenvalue weighted by Crippen LogP contribution is 2.18. The number of methoxy groups -OCH3 is 2. The maximum Gasteiger partial charge on any atom is 0.322 e. The largest absolute Gasteiger partial charge is 0.496 e. The first kappa shape index (κ1) is 11.5. The number of esters is 1. The Kier molecular flexibility index (Phi) is 4.12. The second-order valence-electron chi connectivity index (χ2n) is 3.15. The summed E-state index contributed by atoms with van der Waals surface area (Å²) in [5.74, 6) is 0.317. The van der Waals surface area contributed by atoms with Crippen molar-refractivity contribution in [3.8, 4) is 5.75 Å². The standard InChI is InChI=1S/C11H15NO3/c1-14-10-6-4-3-5-8(10)7-9(12)11(13)15-2/h3-6,9H,7,12H2,1-2H3/t9-/m0/s1. The molecule has 4 heteroatoms. The molecular weight excluding hydrogens is 194 g/mol. The Morgan fingerprint density at radius 3 is 2.67 bits per heavy atom. The molecule has 0 aromatic heterocycles. The summed E-state index contributed by atoms with van der Waals surface area (Å²) < 4.78 is 9.70. The lowest BCUT2D eigenvalue weighted by atomic mass is 10.1. The van der Waals surface area contributed by atoms with Crippen LogP contribution in [0.1, 0.15) is 5.56 Å². The van der Waals surface area contributed by atoms with E-state index in [-0.39, 0.29) is 0 Å². The lowest BCUT2D eigenvalue weighted by Crippen LogP contribution is -2.33. The average molecular weight is 209 g/mol. The van der Waals surface area contributed by atoms with E-state index in [0.29, 0.717) is 6.42 Å². The maximum atomic E-state index is 11.1. The fourth-order valence-electron chi connectivity index (χ4n) is 1.34. The Bertz CT molecular complexity index is 338. The monoisotopic (exact) mass is 209 g/mol. The fraction of sp³-hybridized carbons (Fsp3) is 0.364. The molecule has 15 heavy (non-hydrogen) atoms. The van der Waals surface area contributed by atoms with E-state index in [4.69, 9.17) is 10.5 Å². The molecule has 82 valence electrons. The Morgan fingerprint density at radius 1 is 1.40 bits per heavy atom. The van der Waals surface area contributed by atoms with Gasteiger partial charge in [-0.05, 0) is 11.6 Å². The molecular formula is C11H15NO3. The highest BCUT2D eigenvalue weighted by molar-refractivity contribution is 5.75. The van der Waals surface area contributed by atoms with E-state index in [1.807, 2.05) is 24.3 Å². The molecule has 0 aliphatic rings. The molecule has 0 bridgehead atoms. The number of hydrogen-bond donors (Lipinski definition) is 1. The third-order valence-electron chi connectivity index (χ3n) is 2.14. The molecule has 0 unspecified atom stereocenters. The topological polar surface area (TPSA) is 61.5 Å². The smallest absolute Gasteiger partial charge is 0.322 e. The van der Waals surface area contributed by atoms with Crippen LogP contribution in [0.3, 0.4) is 0 Å². The molecule has 0 amide bonds. The van der Waals surface area contributed by atoms with Crippen molar-refractivity contribution in [2.45, 2.75) is 12.5 Å². The quantitative estimate of drug-likeness (QED) is 0.743. The average Bonchev–Trinajstić information content (AvgIpc) is 2.28. The van der Waals surface area contributed by atoms with Crippen molar-refractivity contribution in [3.05, 3.63) is 29.8 Å². The van der Waals surface area contributed by atoms with E-state index >= 15 is 0 Å². The van der Waals surface area contributed by atoms with Crippen LogP contribution in [0.25, 0.3) is 0 Å². The van der Waals surface area contributed by atoms with E-state index in [1.165, 1.54) is 7.11 Å². The van der Waals surface area contributed by atoms with Gasteiger partial charge in [0.15, 0.2) is 0 Å². The Labute approximate surface area is 89.0 Å². The molecule has 2 N–H and O–H groups in total. The van der Waals surface area contributed by atoms with E-state index in [9.17, 15) is 4.79 Å². The Morgan fingerprint density at radius 2 is 2.07 bits per heavy atom. The first-order valence-corrected chi connectivity index (χ1v) is 4.64. The van der Waals surface area contributed by atoms with Crippen molar-refractivity contribution in [1.82, 2.24) is 0 Å². The molecule has 1 atom stereocenters. The zero-order chi connectivity index (χ0) is 11.3. The SMILES string of the molecule is COC(=O)[C@@H](N)Cc1ccccc1OC. The van der Waals surface area contributed by atoms with Gasteiger partial charge < -0.3 is 15.2 Å². The third kappa shape index (κ3) is 2.95. The summed E-state index contributed by atoms with van der Waals surface area (Å²) >= 11 is 0. The van der Waals surface area contributed by atoms with Crippen molar-refractivity contribution < 1.29 is 14.3 Å². The summed E-state index contributed by atoms with van der Waals surface area (Å²) in [6.45, 7) is 0. The number of nitrogens with two attached hydrogens (primary N) is 1. The van der Waals surface area contributed by atoms with E-state index < -0.39 is 12.0 Å². The molecule has 4 nitrogen and oxygen atoms in total. The van der Waals surface area contributed by atoms with Crippen LogP contribution in [-0.2, 0) is 16.0 Å². The second kappa shape index (κ2) is 5.36. The molecule has 0 radical (unpaired) electrons. The van der Waals surface area contributed by atoms with Crippen LogP contribution < -0.4 is 10.5 Å². The lowest BCUT2D eigenvalue weighted by molar-refractivity contribution is -0.142. The molecule has 0 aliphatic heterocycles. The van der Waals surface area contributed by atoms with Gasteiger partial charge in [0.2, 0.25) is 0 Å². The van der Waals surface area contributed by atoms with Crippen molar-refractivity contribution in [3.63, 3.8) is 0 Å². The summed E-state index contributed by atoms with van der Waals surface area (Å²) in [5.41, 5.74) is 6.55. The highest BCUT2D eigenvalue weighted by Gasteiger charge is 2.15. The molecule has 0 saturated heterocycles. The number of rotatable bonds is 4. The van der Waals surface area contributed by atoms with Crippen LogP contribution in [0, 0.1) is 0 Å². The summed E-state index contributed by atoms with van der Waals surface area (Å²) in [6, 6.07) is 6.81. The van der Waals surface area contributed by atoms with E-state index in [0.717, 1.165) is 11.3 Å². The molecule has 1 aromatic carbocycles. The van der Waals surface area contributed by atoms with Crippen LogP contribution in [0.5, 0.6) is 5.75 Å². The van der Waals surface area contributed by atoms with Gasteiger partial charge in [-0.1, -0.05) is 18.2 Å². The van der Waals surface area contributed by atoms with Gasteiger partial charge in [-0.25, -0.2) is 0 Å². The molecule has 0 spiro atoms. The highest BCUT2D eigenvalue weighted by atomic mass is 16.5. The van der Waals surface area contributed by atoms with Crippen molar-refractivity contribution >= 4 is 5.97 Å². The normalized spacial score (nSPS) is 11.9. The first-order valence-electron chi connectivity index (χ1n) is 4.64. The predicted molar refractivity (Wildman–Crippen MR) is 56.7 cm³/mol. The van der Waals surface area contributed by atoms with Crippen LogP contribution >= 0.6 is 0 Å². The zero-order valence-electron chi connectivity index (χ0n) is 8.90. The van der Waals surface area contributed by atoms with Gasteiger partial charge in [0.25, 0.3) is 0 Å². The number of benzene rings is 1. The number of hydrogen-bond acceptors (Lipinski definition) is 4. The lowest BCUT2D eigenvalue weighted by Gasteiger charge is -2.11. The molecule has 0 heterocycles. The minimum absolute atomic E-state index is 0.413. The molecule has 1 aromatic rings. The van der Waals surface area contributed by atoms with Crippen LogP contribution in [0.15, 0.2) is 24.3 Å². The van der Waals surface area contributed by atoms with Gasteiger partial charge in [-0.3, -0.25) is 4.79 Å². The third-order valence-corrected chi connectivity index (χ3v) is 2.14. The summed E-state index contributed by atoms with van der Waals surface area (Å²) in [4.78, 5) is 11.1. The Balaban J connectivity index is 2.75. The molecule has 0 aliphatic carbocycles. The second-order valence-corrected chi connectivity index (χ2v) is 3.15. The minimum Gasteiger partial charge on any atom is -0.496 e. The maximum absolute atomic E-state index is 11.1. The first-order chi connectivity index (χ1) is 7.19. The van der Waals surface area contributed by atoms with E-state index in [1.54, 1.807) is 7.11 Å². The van der Waals surface area contributed by atoms with Gasteiger partial charge in [-0.15, -0.1) is 0 Å². The van der Waals surface area contributed by atoms with Crippen molar-refractivity contribution in [2.75, 3.05) is 14.2 Å². The van der Waals surface area contributed by atoms with Crippen LogP contribution in [-0.4, -0.2) is 26.2 Å². The number of carbonyl (C=O) groups is 1. The molecule has 0 fully saturated rings. The van der Waals surface area contributed by atoms with Crippen LogP contribution in [0.2, 0.25) is 0 Å². The Hall–Kier alpha value is -1.55. The van der Waals surface area contributed by atoms with Gasteiger partial charge in [0.1, 0.15) is 11.8 Å². The van der Waals surface area contributed by atoms with Crippen LogP contribution in [0.4, 0.5) is 0 Å². The summed E-state index contributed by atoms with van der Waals surface area (Å²) in [6.07, 6.45) is 0.413. The van der Waals surface area contributed by atoms with Gasteiger partial charge in [0.05, 0.1) is 14.2 Å². The van der Waals surface area contributed by atoms with Gasteiger partial charge in [0, 0.05) is 6.42 Å². The van der Waals surface area contributed by atoms with Gasteiger partial charge >= 0.3 is 5.97 Å². The summed E-state index contributed by atoms with van der Waals surface area (Å²) in [7, 11) is 2.91. The minimum atomic E-state index is -0.647. The molecule has 0 saturated carbocycles. The summed E-state index contributed by atoms with van der Waals surface area (Å²) in [5, 5.41) is 0. The van der Waals surface area contributed by atoms with Crippen molar-refractivity contribution in [1.29, 1.82) is 0 Å². The molecule has 1 rings (SSSR count). The number of ether oxygens (including phenoxy) is 2. The predicted octanol–water partition coefficient (Wildman–Crippen LogP) is 0.738. The zero-order valence-corrected chi connectivity index (χ0v) is 8.90. The van der Waals surface area contributed by atoms with Gasteiger partial charge in [-0.2, -0.15) is 0 Å². The fourth-order valence-corrected chi connectivity index (χ4v) is 1.34. The number of carbonyl (C=O) groups excluding carboxylic acids is 1. The van der Waals surface area contributed by atoms with Crippen molar-refractivity contribution in [2.24, 2.45) is 5.73 Å². The van der Waals surface area contributed by atoms with E-state index in [2.05, 4.69) is 4.74 Å². The number of para-hydroxylation sites is 1.